The molecule has 2 heterocycles. The van der Waals surface area contributed by atoms with Crippen LogP contribution < -0.4 is 14.4 Å². The average molecular weight is 609 g/mol. The van der Waals surface area contributed by atoms with E-state index in [1.54, 1.807) is 11.9 Å². The zero-order valence-electron chi connectivity index (χ0n) is 25.4. The molecule has 6 rings (SSSR count). The fraction of sp³-hybridized carbons (Fsp3) is 0.571. The van der Waals surface area contributed by atoms with Crippen molar-refractivity contribution in [2.75, 3.05) is 31.7 Å². The standard InChI is InChI=1S/C35H45ClN2O3S/c1-5-33-23(3)22(2)8-14-31(40-4)28-12-9-26(28)19-38-20-35(16-6-7-24-17-27(36)11-13-29(24)35)21-41-32-15-10-25(18-30(32)38)34(39)37-42-33/h8,10-11,13-15,17-18,22-23,26,28,31,33H,5-7,9,12,16,19-21H2,1-4H3,(H,37,39)/b14-8-/t22-,23+,26-,28+,31-,33-,35-/m0/s1. The van der Waals surface area contributed by atoms with E-state index in [4.69, 9.17) is 21.1 Å². The van der Waals surface area contributed by atoms with Crippen LogP contribution in [0.1, 0.15) is 74.4 Å². The number of carbonyl (C=O) groups is 1. The predicted octanol–water partition coefficient (Wildman–Crippen LogP) is 7.85. The second-order valence-electron chi connectivity index (χ2n) is 13.1. The number of ether oxygens (including phenoxy) is 2. The Morgan fingerprint density at radius 1 is 1.17 bits per heavy atom. The van der Waals surface area contributed by atoms with Crippen LogP contribution in [-0.4, -0.2) is 44.1 Å². The van der Waals surface area contributed by atoms with Gasteiger partial charge >= 0.3 is 0 Å². The number of nitrogens with one attached hydrogen (secondary N) is 1. The van der Waals surface area contributed by atoms with Gasteiger partial charge in [-0.3, -0.25) is 9.52 Å². The molecule has 1 N–H and O–H groups in total. The number of hydrogen-bond donors (Lipinski definition) is 1. The third kappa shape index (κ3) is 5.71. The van der Waals surface area contributed by atoms with Crippen LogP contribution >= 0.6 is 23.5 Å². The number of rotatable bonds is 2. The SMILES string of the molecule is CC[C@@H]1SNC(=O)c2ccc3c(c2)N(C[C@@H]2CC[C@H]2[C@@H](OC)/C=C\[C@H](C)[C@H]1C)C[C@@]1(CCCc2cc(Cl)ccc21)CO3. The Morgan fingerprint density at radius 3 is 2.79 bits per heavy atom. The number of allylic oxidation sites excluding steroid dienone is 1. The molecule has 4 aliphatic rings. The Balaban J connectivity index is 1.40. The van der Waals surface area contributed by atoms with E-state index in [0.29, 0.717) is 41.1 Å². The summed E-state index contributed by atoms with van der Waals surface area (Å²) in [6, 6.07) is 12.4. The van der Waals surface area contributed by atoms with Crippen molar-refractivity contribution in [3.63, 3.8) is 0 Å². The van der Waals surface area contributed by atoms with E-state index in [9.17, 15) is 4.79 Å². The number of methoxy groups -OCH3 is 1. The van der Waals surface area contributed by atoms with Crippen molar-refractivity contribution in [2.24, 2.45) is 23.7 Å². The molecule has 226 valence electrons. The van der Waals surface area contributed by atoms with Crippen molar-refractivity contribution in [1.82, 2.24) is 4.72 Å². The molecule has 1 saturated carbocycles. The first-order valence-electron chi connectivity index (χ1n) is 15.8. The molecule has 42 heavy (non-hydrogen) atoms. The highest BCUT2D eigenvalue weighted by Crippen LogP contribution is 2.47. The van der Waals surface area contributed by atoms with Gasteiger partial charge in [-0.1, -0.05) is 50.6 Å². The van der Waals surface area contributed by atoms with Crippen LogP contribution in [0.2, 0.25) is 5.02 Å². The summed E-state index contributed by atoms with van der Waals surface area (Å²) in [5.41, 5.74) is 4.29. The predicted molar refractivity (Wildman–Crippen MR) is 174 cm³/mol. The molecule has 2 aliphatic heterocycles. The van der Waals surface area contributed by atoms with Crippen LogP contribution in [0.3, 0.4) is 0 Å². The zero-order chi connectivity index (χ0) is 29.4. The van der Waals surface area contributed by atoms with Gasteiger partial charge in [0, 0.05) is 41.5 Å². The van der Waals surface area contributed by atoms with Gasteiger partial charge in [0.25, 0.3) is 5.91 Å². The second-order valence-corrected chi connectivity index (χ2v) is 14.6. The highest BCUT2D eigenvalue weighted by molar-refractivity contribution is 7.98. The van der Waals surface area contributed by atoms with E-state index in [2.05, 4.69) is 60.7 Å². The summed E-state index contributed by atoms with van der Waals surface area (Å²) in [7, 11) is 1.86. The van der Waals surface area contributed by atoms with E-state index in [0.717, 1.165) is 55.2 Å². The van der Waals surface area contributed by atoms with Gasteiger partial charge < -0.3 is 14.4 Å². The molecule has 1 amide bonds. The number of carbonyl (C=O) groups excluding carboxylic acids is 1. The summed E-state index contributed by atoms with van der Waals surface area (Å²) < 4.78 is 16.0. The number of amides is 1. The molecule has 2 bridgehead atoms. The molecular weight excluding hydrogens is 564 g/mol. The number of nitrogens with zero attached hydrogens (tertiary/aromatic N) is 1. The van der Waals surface area contributed by atoms with Crippen LogP contribution in [0.15, 0.2) is 48.6 Å². The lowest BCUT2D eigenvalue weighted by Gasteiger charge is -2.46. The molecule has 2 aromatic rings. The molecule has 2 aliphatic carbocycles. The summed E-state index contributed by atoms with van der Waals surface area (Å²) in [5, 5.41) is 1.12. The van der Waals surface area contributed by atoms with E-state index < -0.39 is 0 Å². The van der Waals surface area contributed by atoms with Crippen molar-refractivity contribution in [1.29, 1.82) is 0 Å². The largest absolute Gasteiger partial charge is 0.490 e. The fourth-order valence-electron chi connectivity index (χ4n) is 7.74. The number of anilines is 1. The number of halogens is 1. The first-order chi connectivity index (χ1) is 20.3. The summed E-state index contributed by atoms with van der Waals surface area (Å²) in [5.74, 6) is 2.61. The maximum absolute atomic E-state index is 13.5. The summed E-state index contributed by atoms with van der Waals surface area (Å²) in [6.07, 6.45) is 11.4. The Labute approximate surface area is 260 Å². The maximum atomic E-state index is 13.5. The van der Waals surface area contributed by atoms with Crippen LogP contribution in [0, 0.1) is 23.7 Å². The van der Waals surface area contributed by atoms with Crippen LogP contribution in [0.5, 0.6) is 5.75 Å². The van der Waals surface area contributed by atoms with E-state index in [1.165, 1.54) is 24.0 Å². The summed E-state index contributed by atoms with van der Waals surface area (Å²) >= 11 is 8.01. The lowest BCUT2D eigenvalue weighted by molar-refractivity contribution is 0.0129. The van der Waals surface area contributed by atoms with Gasteiger partial charge in [0.15, 0.2) is 0 Å². The van der Waals surface area contributed by atoms with Gasteiger partial charge in [0.05, 0.1) is 18.4 Å². The normalized spacial score (nSPS) is 33.8. The Hall–Kier alpha value is -2.15. The number of fused-ring (bicyclic) bond motifs is 4. The minimum Gasteiger partial charge on any atom is -0.490 e. The van der Waals surface area contributed by atoms with Crippen molar-refractivity contribution < 1.29 is 14.3 Å². The smallest absolute Gasteiger partial charge is 0.261 e. The van der Waals surface area contributed by atoms with E-state index >= 15 is 0 Å². The molecular formula is C35H45ClN2O3S. The van der Waals surface area contributed by atoms with Gasteiger partial charge in [-0.15, -0.1) is 0 Å². The van der Waals surface area contributed by atoms with Crippen LogP contribution in [0.25, 0.3) is 0 Å². The van der Waals surface area contributed by atoms with Gasteiger partial charge in [-0.2, -0.15) is 0 Å². The van der Waals surface area contributed by atoms with Crippen LogP contribution in [0.4, 0.5) is 5.69 Å². The van der Waals surface area contributed by atoms with Gasteiger partial charge in [0.1, 0.15) is 5.75 Å². The fourth-order valence-corrected chi connectivity index (χ4v) is 8.94. The maximum Gasteiger partial charge on any atom is 0.261 e. The molecule has 0 saturated heterocycles. The highest BCUT2D eigenvalue weighted by atomic mass is 35.5. The highest BCUT2D eigenvalue weighted by Gasteiger charge is 2.44. The second kappa shape index (κ2) is 12.5. The molecule has 0 unspecified atom stereocenters. The molecule has 5 nitrogen and oxygen atoms in total. The van der Waals surface area contributed by atoms with Gasteiger partial charge in [-0.05, 0) is 116 Å². The van der Waals surface area contributed by atoms with E-state index in [1.807, 2.05) is 25.3 Å². The lowest BCUT2D eigenvalue weighted by Crippen LogP contribution is -2.49. The molecule has 1 fully saturated rings. The monoisotopic (exact) mass is 608 g/mol. The zero-order valence-corrected chi connectivity index (χ0v) is 27.0. The van der Waals surface area contributed by atoms with E-state index in [-0.39, 0.29) is 17.4 Å². The molecule has 7 heteroatoms. The molecule has 2 aromatic carbocycles. The number of benzene rings is 2. The van der Waals surface area contributed by atoms with Crippen LogP contribution in [-0.2, 0) is 16.6 Å². The first kappa shape index (κ1) is 29.9. The Morgan fingerprint density at radius 2 is 2.02 bits per heavy atom. The molecule has 0 radical (unpaired) electrons. The quantitative estimate of drug-likeness (QED) is 0.278. The van der Waals surface area contributed by atoms with Gasteiger partial charge in [0.2, 0.25) is 0 Å². The third-order valence-corrected chi connectivity index (χ3v) is 12.3. The summed E-state index contributed by atoms with van der Waals surface area (Å²) in [4.78, 5) is 16.0. The Kier molecular flexibility index (Phi) is 8.87. The average Bonchev–Trinajstić information content (AvgIpc) is 3.13. The van der Waals surface area contributed by atoms with Crippen molar-refractivity contribution in [3.8, 4) is 5.75 Å². The summed E-state index contributed by atoms with van der Waals surface area (Å²) in [6.45, 7) is 9.19. The molecule has 0 aromatic heterocycles. The van der Waals surface area contributed by atoms with Crippen molar-refractivity contribution in [3.05, 3.63) is 70.3 Å². The minimum atomic E-state index is -0.129. The third-order valence-electron chi connectivity index (χ3n) is 10.7. The number of aryl methyl sites for hydroxylation is 1. The van der Waals surface area contributed by atoms with Gasteiger partial charge in [-0.25, -0.2) is 0 Å². The van der Waals surface area contributed by atoms with Crippen molar-refractivity contribution in [2.45, 2.75) is 76.1 Å². The number of hydrogen-bond acceptors (Lipinski definition) is 5. The molecule has 7 atom stereocenters. The lowest BCUT2D eigenvalue weighted by atomic mass is 9.68. The Bertz CT molecular complexity index is 1330. The first-order valence-corrected chi connectivity index (χ1v) is 17.1. The van der Waals surface area contributed by atoms with Crippen molar-refractivity contribution >= 4 is 35.1 Å². The molecule has 1 spiro atoms. The topological polar surface area (TPSA) is 50.8 Å². The minimum absolute atomic E-state index is 0.0405.